The van der Waals surface area contributed by atoms with Crippen molar-refractivity contribution in [2.45, 2.75) is 37.1 Å². The maximum Gasteiger partial charge on any atom is 0.0509 e. The molecule has 0 aliphatic carbocycles. The van der Waals surface area contributed by atoms with Crippen LogP contribution in [0.4, 0.5) is 0 Å². The number of hydrogen-bond acceptors (Lipinski definition) is 3. The molecule has 2 nitrogen and oxygen atoms in total. The molecule has 0 bridgehead atoms. The lowest BCUT2D eigenvalue weighted by Crippen LogP contribution is -2.42. The average Bonchev–Trinajstić information content (AvgIpc) is 2.50. The fourth-order valence-electron chi connectivity index (χ4n) is 2.49. The summed E-state index contributed by atoms with van der Waals surface area (Å²) in [7, 11) is 0. The van der Waals surface area contributed by atoms with Crippen LogP contribution in [0, 0.1) is 5.92 Å². The van der Waals surface area contributed by atoms with Crippen molar-refractivity contribution in [2.24, 2.45) is 5.92 Å². The lowest BCUT2D eigenvalue weighted by atomic mass is 9.95. The second kappa shape index (κ2) is 8.93. The highest BCUT2D eigenvalue weighted by molar-refractivity contribution is 7.99. The fraction of sp³-hybridized carbons (Fsp3) is 0.625. The van der Waals surface area contributed by atoms with E-state index in [1.807, 2.05) is 23.9 Å². The lowest BCUT2D eigenvalue weighted by molar-refractivity contribution is 0.0427. The first-order chi connectivity index (χ1) is 9.79. The number of hydrogen-bond donors (Lipinski definition) is 1. The summed E-state index contributed by atoms with van der Waals surface area (Å²) in [6.45, 7) is 5.14. The molecule has 1 fully saturated rings. The Kier molecular flexibility index (Phi) is 7.22. The largest absolute Gasteiger partial charge is 0.381 e. The molecule has 2 rings (SSSR count). The van der Waals surface area contributed by atoms with Crippen LogP contribution in [-0.4, -0.2) is 31.6 Å². The Bertz CT molecular complexity index is 379. The van der Waals surface area contributed by atoms with Crippen molar-refractivity contribution >= 4 is 23.4 Å². The molecule has 1 heterocycles. The predicted octanol–water partition coefficient (Wildman–Crippen LogP) is 4.23. The van der Waals surface area contributed by atoms with Crippen molar-refractivity contribution in [1.82, 2.24) is 5.32 Å². The van der Waals surface area contributed by atoms with E-state index in [-0.39, 0.29) is 0 Å². The number of thioether (sulfide) groups is 1. The van der Waals surface area contributed by atoms with Crippen molar-refractivity contribution in [1.29, 1.82) is 0 Å². The molecule has 1 aromatic rings. The molecule has 1 aliphatic rings. The Morgan fingerprint density at radius 3 is 2.85 bits per heavy atom. The molecule has 20 heavy (non-hydrogen) atoms. The van der Waals surface area contributed by atoms with Gasteiger partial charge in [0.1, 0.15) is 0 Å². The molecule has 1 saturated heterocycles. The number of benzene rings is 1. The summed E-state index contributed by atoms with van der Waals surface area (Å²) >= 11 is 7.83. The zero-order valence-electron chi connectivity index (χ0n) is 12.1. The first-order valence-corrected chi connectivity index (χ1v) is 8.85. The summed E-state index contributed by atoms with van der Waals surface area (Å²) in [5.74, 6) is 1.74. The van der Waals surface area contributed by atoms with Crippen molar-refractivity contribution < 1.29 is 4.74 Å². The van der Waals surface area contributed by atoms with Gasteiger partial charge in [-0.1, -0.05) is 18.5 Å². The normalized spacial score (nSPS) is 20.8. The number of halogens is 1. The van der Waals surface area contributed by atoms with Gasteiger partial charge in [0, 0.05) is 28.3 Å². The average molecular weight is 314 g/mol. The molecule has 2 atom stereocenters. The van der Waals surface area contributed by atoms with Crippen LogP contribution in [0.25, 0.3) is 0 Å². The Morgan fingerprint density at radius 1 is 1.40 bits per heavy atom. The van der Waals surface area contributed by atoms with Crippen molar-refractivity contribution in [3.63, 3.8) is 0 Å². The van der Waals surface area contributed by atoms with Crippen molar-refractivity contribution in [3.05, 3.63) is 29.3 Å². The third kappa shape index (κ3) is 5.28. The summed E-state index contributed by atoms with van der Waals surface area (Å²) in [5, 5.41) is 4.50. The van der Waals surface area contributed by atoms with Crippen LogP contribution in [-0.2, 0) is 4.74 Å². The van der Waals surface area contributed by atoms with Gasteiger partial charge in [-0.2, -0.15) is 0 Å². The van der Waals surface area contributed by atoms with E-state index in [2.05, 4.69) is 24.4 Å². The highest BCUT2D eigenvalue weighted by Gasteiger charge is 2.23. The predicted molar refractivity (Wildman–Crippen MR) is 87.8 cm³/mol. The Morgan fingerprint density at radius 2 is 2.20 bits per heavy atom. The molecule has 1 aromatic carbocycles. The van der Waals surface area contributed by atoms with Crippen LogP contribution in [0.5, 0.6) is 0 Å². The number of rotatable bonds is 7. The molecule has 0 amide bonds. The smallest absolute Gasteiger partial charge is 0.0509 e. The van der Waals surface area contributed by atoms with Crippen LogP contribution in [0.1, 0.15) is 26.2 Å². The van der Waals surface area contributed by atoms with Crippen LogP contribution in [0.2, 0.25) is 5.02 Å². The van der Waals surface area contributed by atoms with Gasteiger partial charge in [0.25, 0.3) is 0 Å². The SMILES string of the molecule is CCCNC(CSc1ccc(Cl)cc1)C1CCCOC1. The molecule has 1 aliphatic heterocycles. The molecule has 1 N–H and O–H groups in total. The summed E-state index contributed by atoms with van der Waals surface area (Å²) in [6, 6.07) is 8.66. The second-order valence-corrected chi connectivity index (χ2v) is 6.83. The molecule has 4 heteroatoms. The van der Waals surface area contributed by atoms with Crippen molar-refractivity contribution in [2.75, 3.05) is 25.5 Å². The standard InChI is InChI=1S/C16H24ClNOS/c1-2-9-18-16(13-4-3-10-19-11-13)12-20-15-7-5-14(17)6-8-15/h5-8,13,16,18H,2-4,9-12H2,1H3. The summed E-state index contributed by atoms with van der Waals surface area (Å²) in [4.78, 5) is 1.29. The monoisotopic (exact) mass is 313 g/mol. The van der Waals surface area contributed by atoms with Gasteiger partial charge in [-0.25, -0.2) is 0 Å². The highest BCUT2D eigenvalue weighted by Crippen LogP contribution is 2.25. The summed E-state index contributed by atoms with van der Waals surface area (Å²) < 4.78 is 5.64. The van der Waals surface area contributed by atoms with Gasteiger partial charge in [0.15, 0.2) is 0 Å². The quantitative estimate of drug-likeness (QED) is 0.761. The third-order valence-electron chi connectivity index (χ3n) is 3.66. The van der Waals surface area contributed by atoms with Gasteiger partial charge in [0.05, 0.1) is 6.61 Å². The molecular weight excluding hydrogens is 290 g/mol. The summed E-state index contributed by atoms with van der Waals surface area (Å²) in [6.07, 6.45) is 3.65. The molecule has 0 spiro atoms. The van der Waals surface area contributed by atoms with Gasteiger partial charge in [-0.15, -0.1) is 11.8 Å². The van der Waals surface area contributed by atoms with Gasteiger partial charge in [0.2, 0.25) is 0 Å². The maximum atomic E-state index is 5.93. The number of nitrogens with one attached hydrogen (secondary N) is 1. The molecule has 0 aromatic heterocycles. The zero-order chi connectivity index (χ0) is 14.2. The van der Waals surface area contributed by atoms with E-state index in [1.54, 1.807) is 0 Å². The maximum absolute atomic E-state index is 5.93. The third-order valence-corrected chi connectivity index (χ3v) is 5.05. The second-order valence-electron chi connectivity index (χ2n) is 5.30. The van der Waals surface area contributed by atoms with E-state index in [4.69, 9.17) is 16.3 Å². The highest BCUT2D eigenvalue weighted by atomic mass is 35.5. The molecule has 0 saturated carbocycles. The topological polar surface area (TPSA) is 21.3 Å². The molecular formula is C16H24ClNOS. The van der Waals surface area contributed by atoms with E-state index in [0.717, 1.165) is 30.5 Å². The molecule has 112 valence electrons. The van der Waals surface area contributed by atoms with Crippen LogP contribution in [0.15, 0.2) is 29.2 Å². The van der Waals surface area contributed by atoms with Gasteiger partial charge in [-0.3, -0.25) is 0 Å². The zero-order valence-corrected chi connectivity index (χ0v) is 13.7. The lowest BCUT2D eigenvalue weighted by Gasteiger charge is -2.31. The van der Waals surface area contributed by atoms with Crippen LogP contribution < -0.4 is 5.32 Å². The number of ether oxygens (including phenoxy) is 1. The molecule has 2 unspecified atom stereocenters. The van der Waals surface area contributed by atoms with Gasteiger partial charge >= 0.3 is 0 Å². The van der Waals surface area contributed by atoms with Gasteiger partial charge in [-0.05, 0) is 56.0 Å². The minimum Gasteiger partial charge on any atom is -0.381 e. The van der Waals surface area contributed by atoms with Crippen LogP contribution >= 0.6 is 23.4 Å². The van der Waals surface area contributed by atoms with Gasteiger partial charge < -0.3 is 10.1 Å². The minimum atomic E-state index is 0.538. The Labute approximate surface area is 131 Å². The van der Waals surface area contributed by atoms with E-state index in [1.165, 1.54) is 24.2 Å². The Hall–Kier alpha value is -0.220. The van der Waals surface area contributed by atoms with E-state index >= 15 is 0 Å². The summed E-state index contributed by atoms with van der Waals surface area (Å²) in [5.41, 5.74) is 0. The minimum absolute atomic E-state index is 0.538. The van der Waals surface area contributed by atoms with E-state index < -0.39 is 0 Å². The molecule has 0 radical (unpaired) electrons. The fourth-order valence-corrected chi connectivity index (χ4v) is 3.71. The van der Waals surface area contributed by atoms with Crippen molar-refractivity contribution in [3.8, 4) is 0 Å². The van der Waals surface area contributed by atoms with E-state index in [9.17, 15) is 0 Å². The van der Waals surface area contributed by atoms with Crippen LogP contribution in [0.3, 0.4) is 0 Å². The first kappa shape index (κ1) is 16.2. The van der Waals surface area contributed by atoms with E-state index in [0.29, 0.717) is 12.0 Å². The Balaban J connectivity index is 1.87. The first-order valence-electron chi connectivity index (χ1n) is 7.49.